The molecule has 1 amide bonds. The Labute approximate surface area is 191 Å². The van der Waals surface area contributed by atoms with E-state index in [2.05, 4.69) is 22.3 Å². The Bertz CT molecular complexity index is 1030. The van der Waals surface area contributed by atoms with Crippen LogP contribution >= 0.6 is 0 Å². The van der Waals surface area contributed by atoms with Crippen LogP contribution in [0.5, 0.6) is 0 Å². The number of rotatable bonds is 8. The lowest BCUT2D eigenvalue weighted by Gasteiger charge is -2.30. The van der Waals surface area contributed by atoms with E-state index < -0.39 is 10.0 Å². The van der Waals surface area contributed by atoms with Crippen LogP contribution in [0.2, 0.25) is 0 Å². The summed E-state index contributed by atoms with van der Waals surface area (Å²) < 4.78 is 27.7. The van der Waals surface area contributed by atoms with E-state index in [-0.39, 0.29) is 11.8 Å². The van der Waals surface area contributed by atoms with E-state index in [1.54, 1.807) is 10.4 Å². The molecule has 0 saturated carbocycles. The molecule has 1 aliphatic heterocycles. The topological polar surface area (TPSA) is 69.7 Å². The molecule has 1 fully saturated rings. The zero-order chi connectivity index (χ0) is 22.6. The maximum absolute atomic E-state index is 13.1. The third kappa shape index (κ3) is 5.39. The van der Waals surface area contributed by atoms with Gasteiger partial charge in [0, 0.05) is 38.6 Å². The molecule has 6 nitrogen and oxygen atoms in total. The Morgan fingerprint density at radius 3 is 2.53 bits per heavy atom. The van der Waals surface area contributed by atoms with Crippen molar-refractivity contribution in [1.82, 2.24) is 14.5 Å². The summed E-state index contributed by atoms with van der Waals surface area (Å²) in [5, 5.41) is 3.03. The van der Waals surface area contributed by atoms with Gasteiger partial charge in [0.05, 0.1) is 4.90 Å². The molecule has 4 rings (SSSR count). The van der Waals surface area contributed by atoms with Crippen molar-refractivity contribution in [3.63, 3.8) is 0 Å². The number of piperidine rings is 1. The summed E-state index contributed by atoms with van der Waals surface area (Å²) in [4.78, 5) is 15.2. The fourth-order valence-corrected chi connectivity index (χ4v) is 6.23. The van der Waals surface area contributed by atoms with Crippen LogP contribution in [-0.4, -0.2) is 56.8 Å². The molecular formula is C25H33N3O3S. The summed E-state index contributed by atoms with van der Waals surface area (Å²) >= 11 is 0. The molecule has 1 heterocycles. The van der Waals surface area contributed by atoms with E-state index in [9.17, 15) is 13.2 Å². The number of amides is 1. The van der Waals surface area contributed by atoms with Crippen molar-refractivity contribution in [2.75, 3.05) is 33.2 Å². The lowest BCUT2D eigenvalue weighted by Crippen LogP contribution is -2.44. The number of nitrogens with one attached hydrogen (secondary N) is 1. The van der Waals surface area contributed by atoms with Crippen molar-refractivity contribution >= 4 is 15.9 Å². The highest BCUT2D eigenvalue weighted by Crippen LogP contribution is 2.28. The zero-order valence-corrected chi connectivity index (χ0v) is 19.6. The molecule has 2 aromatic carbocycles. The number of likely N-dealkylation sites (N-methyl/N-ethyl adjacent to an activating group) is 1. The summed E-state index contributed by atoms with van der Waals surface area (Å²) in [7, 11) is -1.45. The van der Waals surface area contributed by atoms with Gasteiger partial charge in [-0.2, -0.15) is 4.31 Å². The molecule has 32 heavy (non-hydrogen) atoms. The minimum absolute atomic E-state index is 0.0349. The second-order valence-electron chi connectivity index (χ2n) is 8.98. The molecule has 1 N–H and O–H groups in total. The monoisotopic (exact) mass is 455 g/mol. The molecule has 1 aliphatic carbocycles. The van der Waals surface area contributed by atoms with Crippen LogP contribution in [-0.2, 0) is 34.2 Å². The highest BCUT2D eigenvalue weighted by atomic mass is 32.2. The molecule has 1 saturated heterocycles. The van der Waals surface area contributed by atoms with E-state index in [0.717, 1.165) is 37.9 Å². The lowest BCUT2D eigenvalue weighted by atomic mass is 9.97. The minimum atomic E-state index is -3.50. The lowest BCUT2D eigenvalue weighted by molar-refractivity contribution is -0.126. The van der Waals surface area contributed by atoms with Gasteiger partial charge in [0.15, 0.2) is 0 Å². The third-order valence-electron chi connectivity index (χ3n) is 6.62. The van der Waals surface area contributed by atoms with E-state index >= 15 is 0 Å². The normalized spacial score (nSPS) is 17.4. The Morgan fingerprint density at radius 2 is 1.78 bits per heavy atom. The summed E-state index contributed by atoms with van der Waals surface area (Å²) in [5.74, 6) is -0.0893. The van der Waals surface area contributed by atoms with E-state index in [0.29, 0.717) is 37.4 Å². The van der Waals surface area contributed by atoms with Crippen LogP contribution in [0, 0.1) is 5.92 Å². The van der Waals surface area contributed by atoms with Crippen molar-refractivity contribution in [3.8, 4) is 0 Å². The average Bonchev–Trinajstić information content (AvgIpc) is 3.28. The maximum atomic E-state index is 13.1. The first-order chi connectivity index (χ1) is 15.4. The minimum Gasteiger partial charge on any atom is -0.355 e. The predicted molar refractivity (Wildman–Crippen MR) is 126 cm³/mol. The second-order valence-corrected chi connectivity index (χ2v) is 10.9. The number of fused-ring (bicyclic) bond motifs is 1. The molecule has 0 aromatic heterocycles. The smallest absolute Gasteiger partial charge is 0.243 e. The van der Waals surface area contributed by atoms with E-state index in [4.69, 9.17) is 0 Å². The summed E-state index contributed by atoms with van der Waals surface area (Å²) in [6.07, 6.45) is 4.23. The summed E-state index contributed by atoms with van der Waals surface area (Å²) in [5.41, 5.74) is 3.68. The first kappa shape index (κ1) is 23.0. The number of sulfonamides is 1. The van der Waals surface area contributed by atoms with Gasteiger partial charge in [0.1, 0.15) is 0 Å². The molecule has 0 spiro atoms. The van der Waals surface area contributed by atoms with Crippen LogP contribution in [0.4, 0.5) is 0 Å². The number of carbonyl (C=O) groups is 1. The Morgan fingerprint density at radius 1 is 1.06 bits per heavy atom. The SMILES string of the molecule is CN(CCNC(=O)C1CCN(S(=O)(=O)c2ccc3c(c2)CCC3)CC1)Cc1ccccc1. The first-order valence-electron chi connectivity index (χ1n) is 11.6. The highest BCUT2D eigenvalue weighted by Gasteiger charge is 2.32. The molecule has 7 heteroatoms. The van der Waals surface area contributed by atoms with Gasteiger partial charge < -0.3 is 10.2 Å². The maximum Gasteiger partial charge on any atom is 0.243 e. The molecule has 0 unspecified atom stereocenters. The fourth-order valence-electron chi connectivity index (χ4n) is 4.70. The molecule has 172 valence electrons. The molecule has 0 radical (unpaired) electrons. The fraction of sp³-hybridized carbons (Fsp3) is 0.480. The Kier molecular flexibility index (Phi) is 7.28. The average molecular weight is 456 g/mol. The number of carbonyl (C=O) groups excluding carboxylic acids is 1. The van der Waals surface area contributed by atoms with Crippen molar-refractivity contribution in [2.24, 2.45) is 5.92 Å². The highest BCUT2D eigenvalue weighted by molar-refractivity contribution is 7.89. The number of aryl methyl sites for hydroxylation is 2. The molecule has 0 bridgehead atoms. The van der Waals surface area contributed by atoms with Gasteiger partial charge >= 0.3 is 0 Å². The Hall–Kier alpha value is -2.22. The van der Waals surface area contributed by atoms with Crippen molar-refractivity contribution in [3.05, 3.63) is 65.2 Å². The molecule has 2 aromatic rings. The van der Waals surface area contributed by atoms with Gasteiger partial charge in [-0.1, -0.05) is 36.4 Å². The molecular weight excluding hydrogens is 422 g/mol. The predicted octanol–water partition coefficient (Wildman–Crippen LogP) is 2.82. The van der Waals surface area contributed by atoms with Crippen molar-refractivity contribution in [2.45, 2.75) is 43.5 Å². The van der Waals surface area contributed by atoms with Crippen molar-refractivity contribution < 1.29 is 13.2 Å². The van der Waals surface area contributed by atoms with Crippen LogP contribution in [0.25, 0.3) is 0 Å². The third-order valence-corrected chi connectivity index (χ3v) is 8.52. The second kappa shape index (κ2) is 10.1. The molecule has 0 atom stereocenters. The van der Waals surface area contributed by atoms with Crippen LogP contribution in [0.1, 0.15) is 36.0 Å². The van der Waals surface area contributed by atoms with E-state index in [1.165, 1.54) is 11.1 Å². The van der Waals surface area contributed by atoms with Gasteiger partial charge in [-0.05, 0) is 68.0 Å². The van der Waals surface area contributed by atoms with Gasteiger partial charge in [0.2, 0.25) is 15.9 Å². The van der Waals surface area contributed by atoms with Gasteiger partial charge in [-0.25, -0.2) is 8.42 Å². The largest absolute Gasteiger partial charge is 0.355 e. The van der Waals surface area contributed by atoms with Gasteiger partial charge in [-0.15, -0.1) is 0 Å². The first-order valence-corrected chi connectivity index (χ1v) is 13.0. The molecule has 2 aliphatic rings. The van der Waals surface area contributed by atoms with E-state index in [1.807, 2.05) is 37.4 Å². The summed E-state index contributed by atoms with van der Waals surface area (Å²) in [6.45, 7) is 2.99. The number of hydrogen-bond acceptors (Lipinski definition) is 4. The number of benzene rings is 2. The number of nitrogens with zero attached hydrogens (tertiary/aromatic N) is 2. The quantitative estimate of drug-likeness (QED) is 0.665. The van der Waals surface area contributed by atoms with Crippen LogP contribution in [0.3, 0.4) is 0 Å². The van der Waals surface area contributed by atoms with Crippen LogP contribution < -0.4 is 5.32 Å². The standard InChI is InChI=1S/C25H33N3O3S/c1-27(19-20-6-3-2-4-7-20)17-14-26-25(29)22-12-15-28(16-13-22)32(30,31)24-11-10-21-8-5-9-23(21)18-24/h2-4,6-7,10-11,18,22H,5,8-9,12-17,19H2,1H3,(H,26,29). The zero-order valence-electron chi connectivity index (χ0n) is 18.8. The Balaban J connectivity index is 1.23. The summed E-state index contributed by atoms with van der Waals surface area (Å²) in [6, 6.07) is 15.8. The van der Waals surface area contributed by atoms with Gasteiger partial charge in [-0.3, -0.25) is 4.79 Å². The van der Waals surface area contributed by atoms with Crippen molar-refractivity contribution in [1.29, 1.82) is 0 Å². The van der Waals surface area contributed by atoms with Gasteiger partial charge in [0.25, 0.3) is 0 Å². The van der Waals surface area contributed by atoms with Crippen LogP contribution in [0.15, 0.2) is 53.4 Å². The number of hydrogen-bond donors (Lipinski definition) is 1.